The smallest absolute Gasteiger partial charge is 0.338 e. The van der Waals surface area contributed by atoms with Crippen molar-refractivity contribution in [2.24, 2.45) is 0 Å². The second-order valence-electron chi connectivity index (χ2n) is 5.47. The molecular weight excluding hydrogens is 302 g/mol. The minimum Gasteiger partial charge on any atom is -0.457 e. The first kappa shape index (κ1) is 15.7. The summed E-state index contributed by atoms with van der Waals surface area (Å²) >= 11 is 0. The highest BCUT2D eigenvalue weighted by atomic mass is 16.5. The lowest BCUT2D eigenvalue weighted by atomic mass is 10.1. The van der Waals surface area contributed by atoms with Gasteiger partial charge in [-0.05, 0) is 40.6 Å². The minimum atomic E-state index is -0.391. The second-order valence-corrected chi connectivity index (χ2v) is 5.47. The molecule has 3 aromatic rings. The van der Waals surface area contributed by atoms with Crippen molar-refractivity contribution in [2.45, 2.75) is 13.5 Å². The van der Waals surface area contributed by atoms with Crippen LogP contribution in [0.1, 0.15) is 22.8 Å². The summed E-state index contributed by atoms with van der Waals surface area (Å²) < 4.78 is 5.42. The van der Waals surface area contributed by atoms with E-state index in [1.807, 2.05) is 42.5 Å². The summed E-state index contributed by atoms with van der Waals surface area (Å²) in [7, 11) is 0. The minimum absolute atomic E-state index is 0.152. The second kappa shape index (κ2) is 6.96. The molecule has 0 aliphatic rings. The number of carbonyl (C=O) groups excluding carboxylic acids is 2. The van der Waals surface area contributed by atoms with Crippen molar-refractivity contribution in [2.75, 3.05) is 5.32 Å². The predicted octanol–water partition coefficient (Wildman–Crippen LogP) is 4.16. The van der Waals surface area contributed by atoms with Gasteiger partial charge in [-0.2, -0.15) is 0 Å². The Morgan fingerprint density at radius 2 is 1.62 bits per heavy atom. The molecule has 120 valence electrons. The third-order valence-corrected chi connectivity index (χ3v) is 3.68. The number of fused-ring (bicyclic) bond motifs is 1. The topological polar surface area (TPSA) is 55.4 Å². The molecule has 0 radical (unpaired) electrons. The van der Waals surface area contributed by atoms with Crippen molar-refractivity contribution in [3.63, 3.8) is 0 Å². The number of hydrogen-bond acceptors (Lipinski definition) is 3. The van der Waals surface area contributed by atoms with Gasteiger partial charge in [-0.15, -0.1) is 0 Å². The largest absolute Gasteiger partial charge is 0.457 e. The zero-order valence-corrected chi connectivity index (χ0v) is 13.3. The molecule has 4 nitrogen and oxygen atoms in total. The molecule has 0 heterocycles. The average molecular weight is 319 g/mol. The van der Waals surface area contributed by atoms with E-state index in [-0.39, 0.29) is 12.5 Å². The molecule has 0 fully saturated rings. The van der Waals surface area contributed by atoms with E-state index < -0.39 is 5.97 Å². The average Bonchev–Trinajstić information content (AvgIpc) is 2.59. The zero-order valence-electron chi connectivity index (χ0n) is 13.3. The van der Waals surface area contributed by atoms with Gasteiger partial charge < -0.3 is 10.1 Å². The molecule has 0 aliphatic carbocycles. The van der Waals surface area contributed by atoms with Crippen LogP contribution in [-0.4, -0.2) is 11.9 Å². The van der Waals surface area contributed by atoms with E-state index in [1.54, 1.807) is 24.3 Å². The van der Waals surface area contributed by atoms with Gasteiger partial charge in [-0.3, -0.25) is 4.79 Å². The monoisotopic (exact) mass is 319 g/mol. The van der Waals surface area contributed by atoms with Crippen LogP contribution in [0.15, 0.2) is 66.7 Å². The first-order valence-electron chi connectivity index (χ1n) is 7.65. The fourth-order valence-electron chi connectivity index (χ4n) is 2.54. The summed E-state index contributed by atoms with van der Waals surface area (Å²) in [5, 5.41) is 4.85. The number of amides is 1. The Bertz CT molecular complexity index is 880. The normalized spacial score (nSPS) is 10.4. The van der Waals surface area contributed by atoms with E-state index in [9.17, 15) is 9.59 Å². The molecule has 0 unspecified atom stereocenters. The van der Waals surface area contributed by atoms with Gasteiger partial charge in [-0.1, -0.05) is 42.5 Å². The van der Waals surface area contributed by atoms with Crippen molar-refractivity contribution >= 4 is 28.3 Å². The number of carbonyl (C=O) groups is 2. The van der Waals surface area contributed by atoms with Gasteiger partial charge in [0.15, 0.2) is 0 Å². The van der Waals surface area contributed by atoms with Crippen LogP contribution in [0.4, 0.5) is 5.69 Å². The molecule has 0 saturated heterocycles. The Morgan fingerprint density at radius 1 is 0.917 bits per heavy atom. The van der Waals surface area contributed by atoms with Crippen LogP contribution in [0, 0.1) is 0 Å². The Hall–Kier alpha value is -3.14. The molecule has 0 aromatic heterocycles. The van der Waals surface area contributed by atoms with Crippen LogP contribution in [0.25, 0.3) is 10.8 Å². The molecular formula is C20H17NO3. The van der Waals surface area contributed by atoms with Gasteiger partial charge in [0.2, 0.25) is 5.91 Å². The highest BCUT2D eigenvalue weighted by Gasteiger charge is 2.09. The van der Waals surface area contributed by atoms with Crippen LogP contribution >= 0.6 is 0 Å². The number of esters is 1. The third kappa shape index (κ3) is 3.60. The van der Waals surface area contributed by atoms with E-state index in [1.165, 1.54) is 6.92 Å². The van der Waals surface area contributed by atoms with Crippen molar-refractivity contribution in [3.05, 3.63) is 77.9 Å². The van der Waals surface area contributed by atoms with Gasteiger partial charge in [0.1, 0.15) is 6.61 Å². The fraction of sp³-hybridized carbons (Fsp3) is 0.100. The van der Waals surface area contributed by atoms with Crippen LogP contribution in [0.3, 0.4) is 0 Å². The number of ether oxygens (including phenoxy) is 1. The summed E-state index contributed by atoms with van der Waals surface area (Å²) in [6.45, 7) is 1.65. The van der Waals surface area contributed by atoms with Crippen molar-refractivity contribution < 1.29 is 14.3 Å². The lowest BCUT2D eigenvalue weighted by Crippen LogP contribution is -2.08. The summed E-state index contributed by atoms with van der Waals surface area (Å²) in [6, 6.07) is 20.6. The number of benzene rings is 3. The Morgan fingerprint density at radius 3 is 2.38 bits per heavy atom. The molecule has 4 heteroatoms. The number of hydrogen-bond donors (Lipinski definition) is 1. The Labute approximate surface area is 140 Å². The molecule has 0 aliphatic heterocycles. The predicted molar refractivity (Wildman–Crippen MR) is 93.8 cm³/mol. The van der Waals surface area contributed by atoms with Gasteiger partial charge in [0, 0.05) is 12.6 Å². The molecule has 24 heavy (non-hydrogen) atoms. The summed E-state index contributed by atoms with van der Waals surface area (Å²) in [5.41, 5.74) is 2.06. The van der Waals surface area contributed by atoms with Crippen molar-refractivity contribution in [1.82, 2.24) is 0 Å². The first-order chi connectivity index (χ1) is 11.6. The maximum Gasteiger partial charge on any atom is 0.338 e. The number of anilines is 1. The summed E-state index contributed by atoms with van der Waals surface area (Å²) in [4.78, 5) is 23.2. The van der Waals surface area contributed by atoms with Crippen LogP contribution in [-0.2, 0) is 16.1 Å². The molecule has 0 saturated carbocycles. The van der Waals surface area contributed by atoms with E-state index in [0.717, 1.165) is 16.3 Å². The zero-order chi connectivity index (χ0) is 16.9. The summed E-state index contributed by atoms with van der Waals surface area (Å²) in [5.74, 6) is -0.543. The molecule has 0 atom stereocenters. The molecule has 1 N–H and O–H groups in total. The molecule has 3 rings (SSSR count). The lowest BCUT2D eigenvalue weighted by Gasteiger charge is -2.08. The number of rotatable bonds is 4. The van der Waals surface area contributed by atoms with Crippen molar-refractivity contribution in [1.29, 1.82) is 0 Å². The fourth-order valence-corrected chi connectivity index (χ4v) is 2.54. The third-order valence-electron chi connectivity index (χ3n) is 3.68. The standard InChI is InChI=1S/C20H17NO3/c1-14(22)21-18-11-9-16(10-12-18)20(23)24-13-17-7-4-6-15-5-2-3-8-19(15)17/h2-12H,13H2,1H3,(H,21,22). The van der Waals surface area contributed by atoms with E-state index in [4.69, 9.17) is 4.74 Å². The Kier molecular flexibility index (Phi) is 4.57. The maximum absolute atomic E-state index is 12.2. The maximum atomic E-state index is 12.2. The molecule has 1 amide bonds. The van der Waals surface area contributed by atoms with Crippen molar-refractivity contribution in [3.8, 4) is 0 Å². The van der Waals surface area contributed by atoms with Gasteiger partial charge in [0.05, 0.1) is 5.56 Å². The first-order valence-corrected chi connectivity index (χ1v) is 7.65. The number of nitrogens with one attached hydrogen (secondary N) is 1. The Balaban J connectivity index is 1.69. The summed E-state index contributed by atoms with van der Waals surface area (Å²) in [6.07, 6.45) is 0. The van der Waals surface area contributed by atoms with Gasteiger partial charge in [0.25, 0.3) is 0 Å². The molecule has 0 spiro atoms. The molecule has 0 bridgehead atoms. The van der Waals surface area contributed by atoms with E-state index in [2.05, 4.69) is 5.32 Å². The lowest BCUT2D eigenvalue weighted by molar-refractivity contribution is -0.114. The highest BCUT2D eigenvalue weighted by molar-refractivity contribution is 5.92. The van der Waals surface area contributed by atoms with E-state index >= 15 is 0 Å². The highest BCUT2D eigenvalue weighted by Crippen LogP contribution is 2.20. The van der Waals surface area contributed by atoms with Gasteiger partial charge >= 0.3 is 5.97 Å². The van der Waals surface area contributed by atoms with Gasteiger partial charge in [-0.25, -0.2) is 4.79 Å². The van der Waals surface area contributed by atoms with Crippen LogP contribution in [0.2, 0.25) is 0 Å². The SMILES string of the molecule is CC(=O)Nc1ccc(C(=O)OCc2cccc3ccccc23)cc1. The van der Waals surface area contributed by atoms with Crippen LogP contribution in [0.5, 0.6) is 0 Å². The quantitative estimate of drug-likeness (QED) is 0.735. The molecule has 3 aromatic carbocycles. The van der Waals surface area contributed by atoms with Crippen LogP contribution < -0.4 is 5.32 Å². The van der Waals surface area contributed by atoms with E-state index in [0.29, 0.717) is 11.3 Å².